The lowest BCUT2D eigenvalue weighted by molar-refractivity contribution is 0.340. The third-order valence-electron chi connectivity index (χ3n) is 3.40. The standard InChI is InChI=1S/C17H23N3O3S/c1-5-23-14-6-8-15(9-7-14)24(21,22)20-11-13-10-18-12-19-16(13)17(2,3)4/h6-10,12,20H,5,11H2,1-4H3. The molecule has 0 fully saturated rings. The van der Waals surface area contributed by atoms with Gasteiger partial charge < -0.3 is 4.74 Å². The number of aromatic nitrogens is 2. The van der Waals surface area contributed by atoms with Crippen LogP contribution in [0.3, 0.4) is 0 Å². The van der Waals surface area contributed by atoms with Crippen molar-refractivity contribution < 1.29 is 13.2 Å². The lowest BCUT2D eigenvalue weighted by atomic mass is 9.89. The van der Waals surface area contributed by atoms with Gasteiger partial charge in [0.1, 0.15) is 12.1 Å². The maximum Gasteiger partial charge on any atom is 0.240 e. The summed E-state index contributed by atoms with van der Waals surface area (Å²) in [6.07, 6.45) is 3.12. The molecule has 0 aliphatic rings. The first-order chi connectivity index (χ1) is 11.2. The Labute approximate surface area is 143 Å². The second-order valence-corrected chi connectivity index (χ2v) is 8.14. The fraction of sp³-hybridized carbons (Fsp3) is 0.412. The molecule has 24 heavy (non-hydrogen) atoms. The number of rotatable bonds is 6. The Hall–Kier alpha value is -1.99. The van der Waals surface area contributed by atoms with Crippen LogP contribution in [0.2, 0.25) is 0 Å². The fourth-order valence-corrected chi connectivity index (χ4v) is 3.31. The summed E-state index contributed by atoms with van der Waals surface area (Å²) in [4.78, 5) is 8.49. The first-order valence-corrected chi connectivity index (χ1v) is 9.24. The van der Waals surface area contributed by atoms with E-state index in [9.17, 15) is 8.42 Å². The van der Waals surface area contributed by atoms with Crippen LogP contribution in [0.1, 0.15) is 39.0 Å². The van der Waals surface area contributed by atoms with E-state index in [0.29, 0.717) is 12.4 Å². The summed E-state index contributed by atoms with van der Waals surface area (Å²) >= 11 is 0. The molecule has 0 atom stereocenters. The minimum atomic E-state index is -3.61. The topological polar surface area (TPSA) is 81.2 Å². The van der Waals surface area contributed by atoms with E-state index in [1.165, 1.54) is 18.5 Å². The molecule has 0 aliphatic heterocycles. The maximum atomic E-state index is 12.4. The zero-order valence-corrected chi connectivity index (χ0v) is 15.2. The van der Waals surface area contributed by atoms with Gasteiger partial charge in [0.15, 0.2) is 0 Å². The molecule has 0 spiro atoms. The molecule has 1 N–H and O–H groups in total. The molecule has 1 heterocycles. The van der Waals surface area contributed by atoms with E-state index in [1.54, 1.807) is 18.3 Å². The Bertz CT molecular complexity index is 781. The van der Waals surface area contributed by atoms with Crippen LogP contribution in [0.4, 0.5) is 0 Å². The predicted molar refractivity (Wildman–Crippen MR) is 92.4 cm³/mol. The number of ether oxygens (including phenoxy) is 1. The van der Waals surface area contributed by atoms with Crippen LogP contribution in [0.15, 0.2) is 41.7 Å². The predicted octanol–water partition coefficient (Wildman–Crippen LogP) is 2.65. The Morgan fingerprint density at radius 1 is 1.17 bits per heavy atom. The second kappa shape index (κ2) is 7.27. The van der Waals surface area contributed by atoms with E-state index in [0.717, 1.165) is 11.3 Å². The number of benzene rings is 1. The molecule has 7 heteroatoms. The first kappa shape index (κ1) is 18.4. The van der Waals surface area contributed by atoms with Crippen LogP contribution in [0.25, 0.3) is 0 Å². The highest BCUT2D eigenvalue weighted by Crippen LogP contribution is 2.23. The Morgan fingerprint density at radius 2 is 1.83 bits per heavy atom. The SMILES string of the molecule is CCOc1ccc(S(=O)(=O)NCc2cncnc2C(C)(C)C)cc1. The number of nitrogens with one attached hydrogen (secondary N) is 1. The van der Waals surface area contributed by atoms with Gasteiger partial charge in [-0.15, -0.1) is 0 Å². The van der Waals surface area contributed by atoms with Crippen LogP contribution >= 0.6 is 0 Å². The first-order valence-electron chi connectivity index (χ1n) is 7.76. The van der Waals surface area contributed by atoms with Gasteiger partial charge in [-0.1, -0.05) is 20.8 Å². The van der Waals surface area contributed by atoms with Gasteiger partial charge in [0.25, 0.3) is 0 Å². The van der Waals surface area contributed by atoms with Crippen LogP contribution in [0, 0.1) is 0 Å². The number of nitrogens with zero attached hydrogens (tertiary/aromatic N) is 2. The Morgan fingerprint density at radius 3 is 2.42 bits per heavy atom. The molecule has 0 aliphatic carbocycles. The molecule has 0 unspecified atom stereocenters. The van der Waals surface area contributed by atoms with E-state index in [1.807, 2.05) is 27.7 Å². The van der Waals surface area contributed by atoms with Gasteiger partial charge in [-0.25, -0.2) is 23.1 Å². The highest BCUT2D eigenvalue weighted by Gasteiger charge is 2.21. The normalized spacial score (nSPS) is 12.2. The lowest BCUT2D eigenvalue weighted by Crippen LogP contribution is -2.26. The second-order valence-electron chi connectivity index (χ2n) is 6.38. The third kappa shape index (κ3) is 4.52. The average Bonchev–Trinajstić information content (AvgIpc) is 2.53. The summed E-state index contributed by atoms with van der Waals surface area (Å²) in [5, 5.41) is 0. The summed E-state index contributed by atoms with van der Waals surface area (Å²) in [7, 11) is -3.61. The van der Waals surface area contributed by atoms with Crippen molar-refractivity contribution in [1.29, 1.82) is 0 Å². The van der Waals surface area contributed by atoms with Crippen LogP contribution in [0.5, 0.6) is 5.75 Å². The fourth-order valence-electron chi connectivity index (χ4n) is 2.30. The minimum absolute atomic E-state index is 0.142. The minimum Gasteiger partial charge on any atom is -0.494 e. The van der Waals surface area contributed by atoms with Crippen molar-refractivity contribution in [2.24, 2.45) is 0 Å². The van der Waals surface area contributed by atoms with Crippen molar-refractivity contribution in [1.82, 2.24) is 14.7 Å². The molecule has 0 saturated carbocycles. The van der Waals surface area contributed by atoms with Gasteiger partial charge in [0, 0.05) is 23.7 Å². The molecule has 2 rings (SSSR count). The summed E-state index contributed by atoms with van der Waals surface area (Å²) in [6, 6.07) is 6.34. The van der Waals surface area contributed by atoms with E-state index in [-0.39, 0.29) is 16.9 Å². The summed E-state index contributed by atoms with van der Waals surface area (Å²) in [6.45, 7) is 8.64. The summed E-state index contributed by atoms with van der Waals surface area (Å²) in [5.74, 6) is 0.642. The maximum absolute atomic E-state index is 12.4. The molecule has 6 nitrogen and oxygen atoms in total. The Balaban J connectivity index is 2.16. The van der Waals surface area contributed by atoms with Gasteiger partial charge in [0.05, 0.1) is 17.2 Å². The van der Waals surface area contributed by atoms with Crippen LogP contribution in [-0.4, -0.2) is 25.0 Å². The molecule has 0 bridgehead atoms. The van der Waals surface area contributed by atoms with E-state index < -0.39 is 10.0 Å². The molecule has 0 radical (unpaired) electrons. The number of hydrogen-bond acceptors (Lipinski definition) is 5. The highest BCUT2D eigenvalue weighted by molar-refractivity contribution is 7.89. The smallest absolute Gasteiger partial charge is 0.240 e. The lowest BCUT2D eigenvalue weighted by Gasteiger charge is -2.21. The molecule has 1 aromatic heterocycles. The third-order valence-corrected chi connectivity index (χ3v) is 4.81. The van der Waals surface area contributed by atoms with Gasteiger partial charge in [-0.3, -0.25) is 0 Å². The molecule has 1 aromatic carbocycles. The molecular formula is C17H23N3O3S. The summed E-state index contributed by atoms with van der Waals surface area (Å²) in [5.41, 5.74) is 1.40. The monoisotopic (exact) mass is 349 g/mol. The molecule has 130 valence electrons. The van der Waals surface area contributed by atoms with Gasteiger partial charge in [-0.2, -0.15) is 0 Å². The molecule has 2 aromatic rings. The largest absolute Gasteiger partial charge is 0.494 e. The molecule has 0 amide bonds. The van der Waals surface area contributed by atoms with E-state index in [2.05, 4.69) is 14.7 Å². The Kier molecular flexibility index (Phi) is 5.56. The summed E-state index contributed by atoms with van der Waals surface area (Å²) < 4.78 is 32.8. The van der Waals surface area contributed by atoms with Gasteiger partial charge in [-0.05, 0) is 31.2 Å². The van der Waals surface area contributed by atoms with Crippen LogP contribution < -0.4 is 9.46 Å². The van der Waals surface area contributed by atoms with Gasteiger partial charge >= 0.3 is 0 Å². The molecular weight excluding hydrogens is 326 g/mol. The van der Waals surface area contributed by atoms with Gasteiger partial charge in [0.2, 0.25) is 10.0 Å². The van der Waals surface area contributed by atoms with Crippen molar-refractivity contribution in [3.8, 4) is 5.75 Å². The zero-order valence-electron chi connectivity index (χ0n) is 14.4. The van der Waals surface area contributed by atoms with E-state index in [4.69, 9.17) is 4.74 Å². The highest BCUT2D eigenvalue weighted by atomic mass is 32.2. The van der Waals surface area contributed by atoms with Crippen molar-refractivity contribution >= 4 is 10.0 Å². The molecule has 0 saturated heterocycles. The van der Waals surface area contributed by atoms with Crippen molar-refractivity contribution in [2.75, 3.05) is 6.61 Å². The van der Waals surface area contributed by atoms with Crippen molar-refractivity contribution in [3.05, 3.63) is 48.0 Å². The average molecular weight is 349 g/mol. The van der Waals surface area contributed by atoms with E-state index >= 15 is 0 Å². The quantitative estimate of drug-likeness (QED) is 0.867. The zero-order chi connectivity index (χ0) is 17.8. The van der Waals surface area contributed by atoms with Crippen molar-refractivity contribution in [3.63, 3.8) is 0 Å². The van der Waals surface area contributed by atoms with Crippen molar-refractivity contribution in [2.45, 2.75) is 44.6 Å². The van der Waals surface area contributed by atoms with Crippen LogP contribution in [-0.2, 0) is 22.0 Å². The number of hydrogen-bond donors (Lipinski definition) is 1. The number of sulfonamides is 1.